The van der Waals surface area contributed by atoms with Crippen LogP contribution in [0.3, 0.4) is 0 Å². The fraction of sp³-hybridized carbons (Fsp3) is 0.727. The van der Waals surface area contributed by atoms with E-state index in [1.54, 1.807) is 19.1 Å². The first-order chi connectivity index (χ1) is 15.5. The van der Waals surface area contributed by atoms with Gasteiger partial charge in [0.1, 0.15) is 48.1 Å². The molecule has 2 aliphatic rings. The van der Waals surface area contributed by atoms with Crippen molar-refractivity contribution in [3.63, 3.8) is 0 Å². The topological polar surface area (TPSA) is 179 Å². The standard InChI is InChI=1S/C22H34O11/c1-8(2)11-6-12(24)9(3)5-13(11)31-22-20(18(28)16(26)14(7-23)32-22)33-21-19(29)17(27)15(25)10(4)30-21/h5-6,8,10,14-29H,7H2,1-4H3. The summed E-state index contributed by atoms with van der Waals surface area (Å²) >= 11 is 0. The zero-order valence-corrected chi connectivity index (χ0v) is 19.0. The van der Waals surface area contributed by atoms with Crippen LogP contribution in [0.5, 0.6) is 11.5 Å². The Morgan fingerprint density at radius 1 is 0.909 bits per heavy atom. The summed E-state index contributed by atoms with van der Waals surface area (Å²) in [6, 6.07) is 3.14. The average Bonchev–Trinajstić information content (AvgIpc) is 2.77. The second kappa shape index (κ2) is 10.4. The Hall–Kier alpha value is -1.54. The third-order valence-electron chi connectivity index (χ3n) is 6.12. The molecular formula is C22H34O11. The minimum Gasteiger partial charge on any atom is -0.508 e. The SMILES string of the molecule is Cc1cc(OC2OC(CO)C(O)C(O)C2OC2OC(C)C(O)C(O)C2O)c(C(C)C)cc1O. The highest BCUT2D eigenvalue weighted by molar-refractivity contribution is 5.46. The van der Waals surface area contributed by atoms with Crippen molar-refractivity contribution in [1.82, 2.24) is 0 Å². The Morgan fingerprint density at radius 2 is 1.58 bits per heavy atom. The predicted octanol–water partition coefficient (Wildman–Crippen LogP) is -1.15. The van der Waals surface area contributed by atoms with Crippen LogP contribution in [0.4, 0.5) is 0 Å². The van der Waals surface area contributed by atoms with E-state index in [1.165, 1.54) is 6.92 Å². The van der Waals surface area contributed by atoms with Gasteiger partial charge < -0.3 is 54.7 Å². The number of hydrogen-bond acceptors (Lipinski definition) is 11. The fourth-order valence-corrected chi connectivity index (χ4v) is 3.94. The molecule has 11 heteroatoms. The molecule has 2 saturated heterocycles. The Labute approximate surface area is 191 Å². The molecule has 0 aliphatic carbocycles. The molecule has 11 nitrogen and oxygen atoms in total. The van der Waals surface area contributed by atoms with Crippen LogP contribution in [-0.2, 0) is 14.2 Å². The maximum Gasteiger partial charge on any atom is 0.229 e. The lowest BCUT2D eigenvalue weighted by molar-refractivity contribution is -0.354. The lowest BCUT2D eigenvalue weighted by atomic mass is 9.97. The van der Waals surface area contributed by atoms with E-state index in [2.05, 4.69) is 0 Å². The largest absolute Gasteiger partial charge is 0.508 e. The quantitative estimate of drug-likeness (QED) is 0.265. The summed E-state index contributed by atoms with van der Waals surface area (Å²) in [6.45, 7) is 6.32. The molecule has 0 amide bonds. The zero-order valence-electron chi connectivity index (χ0n) is 19.0. The molecule has 1 aromatic rings. The fourth-order valence-electron chi connectivity index (χ4n) is 3.94. The number of aliphatic hydroxyl groups is 6. The van der Waals surface area contributed by atoms with Crippen molar-refractivity contribution in [2.24, 2.45) is 0 Å². The molecule has 188 valence electrons. The van der Waals surface area contributed by atoms with Gasteiger partial charge in [0.2, 0.25) is 6.29 Å². The van der Waals surface area contributed by atoms with Gasteiger partial charge in [0.25, 0.3) is 0 Å². The molecule has 2 heterocycles. The normalized spacial score (nSPS) is 39.6. The van der Waals surface area contributed by atoms with Gasteiger partial charge >= 0.3 is 0 Å². The highest BCUT2D eigenvalue weighted by atomic mass is 16.8. The Morgan fingerprint density at radius 3 is 2.18 bits per heavy atom. The van der Waals surface area contributed by atoms with Crippen molar-refractivity contribution < 1.29 is 54.7 Å². The Kier molecular flexibility index (Phi) is 8.20. The summed E-state index contributed by atoms with van der Waals surface area (Å²) < 4.78 is 22.8. The first-order valence-electron chi connectivity index (χ1n) is 10.9. The van der Waals surface area contributed by atoms with Gasteiger partial charge in [-0.3, -0.25) is 0 Å². The van der Waals surface area contributed by atoms with Gasteiger partial charge in [-0.15, -0.1) is 0 Å². The molecule has 3 rings (SSSR count). The highest BCUT2D eigenvalue weighted by Crippen LogP contribution is 2.36. The molecule has 2 fully saturated rings. The number of phenolic OH excluding ortho intramolecular Hbond substituents is 1. The van der Waals surface area contributed by atoms with E-state index >= 15 is 0 Å². The third kappa shape index (κ3) is 5.26. The lowest BCUT2D eigenvalue weighted by Gasteiger charge is -2.45. The number of aryl methyl sites for hydroxylation is 1. The molecule has 33 heavy (non-hydrogen) atoms. The van der Waals surface area contributed by atoms with Crippen LogP contribution >= 0.6 is 0 Å². The predicted molar refractivity (Wildman–Crippen MR) is 113 cm³/mol. The smallest absolute Gasteiger partial charge is 0.229 e. The minimum atomic E-state index is -1.65. The number of rotatable bonds is 6. The van der Waals surface area contributed by atoms with Crippen molar-refractivity contribution in [1.29, 1.82) is 0 Å². The van der Waals surface area contributed by atoms with E-state index < -0.39 is 68.0 Å². The third-order valence-corrected chi connectivity index (χ3v) is 6.12. The van der Waals surface area contributed by atoms with Crippen LogP contribution in [0, 0.1) is 6.92 Å². The minimum absolute atomic E-state index is 0.0559. The molecule has 0 aromatic heterocycles. The Bertz CT molecular complexity index is 803. The molecule has 0 radical (unpaired) electrons. The monoisotopic (exact) mass is 474 g/mol. The first kappa shape index (κ1) is 26.1. The van der Waals surface area contributed by atoms with Crippen LogP contribution in [0.15, 0.2) is 12.1 Å². The summed E-state index contributed by atoms with van der Waals surface area (Å²) in [5.41, 5.74) is 1.17. The second-order valence-electron chi connectivity index (χ2n) is 8.94. The molecule has 0 saturated carbocycles. The summed E-state index contributed by atoms with van der Waals surface area (Å²) in [5.74, 6) is 0.347. The summed E-state index contributed by atoms with van der Waals surface area (Å²) in [5, 5.41) is 71.1. The van der Waals surface area contributed by atoms with Gasteiger partial charge in [-0.05, 0) is 37.5 Å². The van der Waals surface area contributed by atoms with Crippen LogP contribution in [0.25, 0.3) is 0 Å². The zero-order chi connectivity index (χ0) is 24.6. The molecule has 10 unspecified atom stereocenters. The maximum absolute atomic E-state index is 10.7. The van der Waals surface area contributed by atoms with E-state index in [1.807, 2.05) is 13.8 Å². The van der Waals surface area contributed by atoms with Crippen LogP contribution in [0.1, 0.15) is 37.8 Å². The highest BCUT2D eigenvalue weighted by Gasteiger charge is 2.51. The van der Waals surface area contributed by atoms with Crippen LogP contribution in [0.2, 0.25) is 0 Å². The number of aromatic hydroxyl groups is 1. The maximum atomic E-state index is 10.7. The van der Waals surface area contributed by atoms with Crippen molar-refractivity contribution >= 4 is 0 Å². The van der Waals surface area contributed by atoms with Gasteiger partial charge in [-0.25, -0.2) is 0 Å². The van der Waals surface area contributed by atoms with Crippen molar-refractivity contribution in [3.8, 4) is 11.5 Å². The van der Waals surface area contributed by atoms with Crippen molar-refractivity contribution in [2.45, 2.75) is 95.0 Å². The number of benzene rings is 1. The van der Waals surface area contributed by atoms with E-state index in [0.29, 0.717) is 16.9 Å². The van der Waals surface area contributed by atoms with Gasteiger partial charge in [0.15, 0.2) is 12.4 Å². The molecule has 0 spiro atoms. The number of hydrogen-bond donors (Lipinski definition) is 7. The van der Waals surface area contributed by atoms with Gasteiger partial charge in [-0.2, -0.15) is 0 Å². The van der Waals surface area contributed by atoms with Gasteiger partial charge in [0.05, 0.1) is 12.7 Å². The average molecular weight is 475 g/mol. The second-order valence-corrected chi connectivity index (χ2v) is 8.94. The van der Waals surface area contributed by atoms with Crippen LogP contribution < -0.4 is 4.74 Å². The number of phenols is 1. The van der Waals surface area contributed by atoms with Crippen LogP contribution in [-0.4, -0.2) is 104 Å². The molecule has 10 atom stereocenters. The summed E-state index contributed by atoms with van der Waals surface area (Å²) in [7, 11) is 0. The van der Waals surface area contributed by atoms with E-state index in [4.69, 9.17) is 18.9 Å². The molecule has 0 bridgehead atoms. The first-order valence-corrected chi connectivity index (χ1v) is 10.9. The van der Waals surface area contributed by atoms with E-state index in [9.17, 15) is 35.7 Å². The lowest BCUT2D eigenvalue weighted by Crippen LogP contribution is -2.64. The van der Waals surface area contributed by atoms with E-state index in [-0.39, 0.29) is 11.7 Å². The van der Waals surface area contributed by atoms with Gasteiger partial charge in [0, 0.05) is 5.56 Å². The molecule has 2 aliphatic heterocycles. The van der Waals surface area contributed by atoms with Crippen molar-refractivity contribution in [3.05, 3.63) is 23.3 Å². The molecule has 1 aromatic carbocycles. The van der Waals surface area contributed by atoms with E-state index in [0.717, 1.165) is 0 Å². The summed E-state index contributed by atoms with van der Waals surface area (Å²) in [4.78, 5) is 0. The summed E-state index contributed by atoms with van der Waals surface area (Å²) in [6.07, 6.45) is -14.1. The number of ether oxygens (including phenoxy) is 4. The molecular weight excluding hydrogens is 440 g/mol. The Balaban J connectivity index is 1.91. The van der Waals surface area contributed by atoms with Crippen molar-refractivity contribution in [2.75, 3.05) is 6.61 Å². The van der Waals surface area contributed by atoms with Gasteiger partial charge in [-0.1, -0.05) is 13.8 Å². The number of aliphatic hydroxyl groups excluding tert-OH is 6. The molecule has 7 N–H and O–H groups in total.